The van der Waals surface area contributed by atoms with Crippen molar-refractivity contribution in [3.05, 3.63) is 48.3 Å². The van der Waals surface area contributed by atoms with Crippen LogP contribution >= 0.6 is 0 Å². The second-order valence-electron chi connectivity index (χ2n) is 4.40. The van der Waals surface area contributed by atoms with Gasteiger partial charge in [-0.05, 0) is 12.1 Å². The first-order valence-corrected chi connectivity index (χ1v) is 6.22. The predicted molar refractivity (Wildman–Crippen MR) is 68.2 cm³/mol. The van der Waals surface area contributed by atoms with Gasteiger partial charge in [0.1, 0.15) is 6.10 Å². The van der Waals surface area contributed by atoms with E-state index in [9.17, 15) is 4.79 Å². The summed E-state index contributed by atoms with van der Waals surface area (Å²) in [6, 6.07) is 9.62. The van der Waals surface area contributed by atoms with Gasteiger partial charge < -0.3 is 9.47 Å². The molecule has 0 saturated carbocycles. The Morgan fingerprint density at radius 3 is 2.95 bits per heavy atom. The second kappa shape index (κ2) is 5.24. The lowest BCUT2D eigenvalue weighted by atomic mass is 10.3. The minimum atomic E-state index is -0.349. The first-order valence-electron chi connectivity index (χ1n) is 6.22. The van der Waals surface area contributed by atoms with Crippen molar-refractivity contribution in [3.63, 3.8) is 0 Å². The Kier molecular flexibility index (Phi) is 3.29. The monoisotopic (exact) mass is 258 g/mol. The zero-order chi connectivity index (χ0) is 13.1. The summed E-state index contributed by atoms with van der Waals surface area (Å²) in [6.07, 6.45) is 3.82. The van der Waals surface area contributed by atoms with E-state index in [4.69, 9.17) is 9.47 Å². The molecule has 0 radical (unpaired) electrons. The smallest absolute Gasteiger partial charge is 0.341 e. The summed E-state index contributed by atoms with van der Waals surface area (Å²) in [5.41, 5.74) is 1.36. The van der Waals surface area contributed by atoms with Gasteiger partial charge in [0.25, 0.3) is 0 Å². The average Bonchev–Trinajstić information content (AvgIpc) is 3.10. The summed E-state index contributed by atoms with van der Waals surface area (Å²) in [4.78, 5) is 11.9. The molecule has 2 aromatic rings. The van der Waals surface area contributed by atoms with Crippen LogP contribution in [0, 0.1) is 0 Å². The van der Waals surface area contributed by atoms with Crippen LogP contribution in [-0.2, 0) is 9.47 Å². The van der Waals surface area contributed by atoms with Gasteiger partial charge in [-0.1, -0.05) is 18.2 Å². The van der Waals surface area contributed by atoms with E-state index >= 15 is 0 Å². The van der Waals surface area contributed by atoms with Crippen LogP contribution in [0.4, 0.5) is 0 Å². The highest BCUT2D eigenvalue weighted by molar-refractivity contribution is 5.89. The molecule has 1 aromatic heterocycles. The van der Waals surface area contributed by atoms with Crippen LogP contribution in [-0.4, -0.2) is 35.1 Å². The summed E-state index contributed by atoms with van der Waals surface area (Å²) in [5, 5.41) is 4.17. The van der Waals surface area contributed by atoms with E-state index in [1.807, 2.05) is 30.3 Å². The maximum atomic E-state index is 11.9. The van der Waals surface area contributed by atoms with E-state index < -0.39 is 0 Å². The highest BCUT2D eigenvalue weighted by atomic mass is 16.6. The third kappa shape index (κ3) is 2.66. The molecule has 0 spiro atoms. The molecule has 0 amide bonds. The van der Waals surface area contributed by atoms with Crippen LogP contribution in [0.25, 0.3) is 5.69 Å². The van der Waals surface area contributed by atoms with E-state index in [-0.39, 0.29) is 12.1 Å². The normalized spacial score (nSPS) is 18.4. The molecule has 0 bridgehead atoms. The molecule has 2 heterocycles. The van der Waals surface area contributed by atoms with Crippen LogP contribution in [0.15, 0.2) is 42.7 Å². The lowest BCUT2D eigenvalue weighted by Gasteiger charge is -2.08. The predicted octanol–water partition coefficient (Wildman–Crippen LogP) is 1.82. The zero-order valence-corrected chi connectivity index (χ0v) is 10.4. The molecule has 1 fully saturated rings. The van der Waals surface area contributed by atoms with E-state index in [0.29, 0.717) is 18.8 Å². The number of aromatic nitrogens is 2. The summed E-state index contributed by atoms with van der Waals surface area (Å²) in [7, 11) is 0. The SMILES string of the molecule is O=C(O[C@H]1CCOC1)c1cnn(-c2ccccc2)c1. The Bertz CT molecular complexity index is 559. The van der Waals surface area contributed by atoms with Crippen LogP contribution in [0.2, 0.25) is 0 Å². The maximum absolute atomic E-state index is 11.9. The molecule has 0 aliphatic carbocycles. The molecule has 5 heteroatoms. The van der Waals surface area contributed by atoms with Crippen molar-refractivity contribution < 1.29 is 14.3 Å². The quantitative estimate of drug-likeness (QED) is 0.788. The number of hydrogen-bond acceptors (Lipinski definition) is 4. The van der Waals surface area contributed by atoms with Gasteiger partial charge in [-0.2, -0.15) is 5.10 Å². The zero-order valence-electron chi connectivity index (χ0n) is 10.4. The molecule has 0 unspecified atom stereocenters. The number of para-hydroxylation sites is 1. The number of rotatable bonds is 3. The number of esters is 1. The molecule has 3 rings (SSSR count). The summed E-state index contributed by atoms with van der Waals surface area (Å²) in [5.74, 6) is -0.349. The lowest BCUT2D eigenvalue weighted by Crippen LogP contribution is -2.17. The number of ether oxygens (including phenoxy) is 2. The van der Waals surface area contributed by atoms with Crippen molar-refractivity contribution in [1.29, 1.82) is 0 Å². The first kappa shape index (κ1) is 11.9. The molecule has 0 N–H and O–H groups in total. The molecular weight excluding hydrogens is 244 g/mol. The fraction of sp³-hybridized carbons (Fsp3) is 0.286. The largest absolute Gasteiger partial charge is 0.456 e. The van der Waals surface area contributed by atoms with Gasteiger partial charge in [0.2, 0.25) is 0 Å². The van der Waals surface area contributed by atoms with E-state index in [1.165, 1.54) is 6.20 Å². The van der Waals surface area contributed by atoms with E-state index in [0.717, 1.165) is 12.1 Å². The highest BCUT2D eigenvalue weighted by Gasteiger charge is 2.21. The maximum Gasteiger partial charge on any atom is 0.341 e. The Labute approximate surface area is 110 Å². The van der Waals surface area contributed by atoms with Gasteiger partial charge in [-0.3, -0.25) is 0 Å². The minimum Gasteiger partial charge on any atom is -0.456 e. The second-order valence-corrected chi connectivity index (χ2v) is 4.40. The van der Waals surface area contributed by atoms with Gasteiger partial charge in [0.15, 0.2) is 0 Å². The van der Waals surface area contributed by atoms with Crippen molar-refractivity contribution in [2.24, 2.45) is 0 Å². The van der Waals surface area contributed by atoms with Crippen LogP contribution in [0.5, 0.6) is 0 Å². The third-order valence-electron chi connectivity index (χ3n) is 3.00. The Morgan fingerprint density at radius 2 is 2.21 bits per heavy atom. The summed E-state index contributed by atoms with van der Waals surface area (Å²) < 4.78 is 12.2. The minimum absolute atomic E-state index is 0.132. The average molecular weight is 258 g/mol. The number of carbonyl (C=O) groups is 1. The number of carbonyl (C=O) groups excluding carboxylic acids is 1. The van der Waals surface area contributed by atoms with Crippen molar-refractivity contribution in [2.45, 2.75) is 12.5 Å². The molecule has 19 heavy (non-hydrogen) atoms. The molecule has 1 aromatic carbocycles. The van der Waals surface area contributed by atoms with Crippen molar-refractivity contribution in [2.75, 3.05) is 13.2 Å². The van der Waals surface area contributed by atoms with Crippen LogP contribution < -0.4 is 0 Å². The van der Waals surface area contributed by atoms with Crippen molar-refractivity contribution in [3.8, 4) is 5.69 Å². The van der Waals surface area contributed by atoms with Crippen LogP contribution in [0.3, 0.4) is 0 Å². The summed E-state index contributed by atoms with van der Waals surface area (Å²) >= 11 is 0. The van der Waals surface area contributed by atoms with Gasteiger partial charge in [-0.15, -0.1) is 0 Å². The molecule has 98 valence electrons. The molecule has 1 saturated heterocycles. The van der Waals surface area contributed by atoms with Crippen molar-refractivity contribution >= 4 is 5.97 Å². The van der Waals surface area contributed by atoms with Gasteiger partial charge in [0, 0.05) is 12.6 Å². The fourth-order valence-electron chi connectivity index (χ4n) is 1.98. The van der Waals surface area contributed by atoms with E-state index in [2.05, 4.69) is 5.10 Å². The Morgan fingerprint density at radius 1 is 1.37 bits per heavy atom. The molecule has 1 aliphatic heterocycles. The van der Waals surface area contributed by atoms with Crippen LogP contribution in [0.1, 0.15) is 16.8 Å². The molecule has 1 aliphatic rings. The number of nitrogens with zero attached hydrogens (tertiary/aromatic N) is 2. The topological polar surface area (TPSA) is 53.4 Å². The Hall–Kier alpha value is -2.14. The molecule has 1 atom stereocenters. The first-order chi connectivity index (χ1) is 9.33. The van der Waals surface area contributed by atoms with Gasteiger partial charge in [-0.25, -0.2) is 9.48 Å². The molecular formula is C14H14N2O3. The third-order valence-corrected chi connectivity index (χ3v) is 3.00. The summed E-state index contributed by atoms with van der Waals surface area (Å²) in [6.45, 7) is 1.14. The van der Waals surface area contributed by atoms with E-state index in [1.54, 1.807) is 10.9 Å². The number of hydrogen-bond donors (Lipinski definition) is 0. The van der Waals surface area contributed by atoms with Gasteiger partial charge >= 0.3 is 5.97 Å². The lowest BCUT2D eigenvalue weighted by molar-refractivity contribution is 0.0270. The fourth-order valence-corrected chi connectivity index (χ4v) is 1.98. The Balaban J connectivity index is 1.72. The van der Waals surface area contributed by atoms with Gasteiger partial charge in [0.05, 0.1) is 30.7 Å². The standard InChI is InChI=1S/C14H14N2O3/c17-14(19-13-6-7-18-10-13)11-8-15-16(9-11)12-4-2-1-3-5-12/h1-5,8-9,13H,6-7,10H2/t13-/m0/s1. The number of benzene rings is 1. The highest BCUT2D eigenvalue weighted by Crippen LogP contribution is 2.13. The molecule has 5 nitrogen and oxygen atoms in total. The van der Waals surface area contributed by atoms with Crippen molar-refractivity contribution in [1.82, 2.24) is 9.78 Å².